The number of carbonyl (C=O) groups excluding carboxylic acids is 1. The monoisotopic (exact) mass is 381 g/mol. The summed E-state index contributed by atoms with van der Waals surface area (Å²) in [6, 6.07) is 11.6. The first kappa shape index (κ1) is 18.0. The number of ether oxygens (including phenoxy) is 2. The third-order valence-electron chi connectivity index (χ3n) is 4.95. The lowest BCUT2D eigenvalue weighted by Crippen LogP contribution is -2.50. The molecular weight excluding hydrogens is 358 g/mol. The Balaban J connectivity index is 1.41. The van der Waals surface area contributed by atoms with Crippen LogP contribution in [0.4, 0.5) is 16.2 Å². The molecular formula is C20H23N5O3. The van der Waals surface area contributed by atoms with E-state index in [1.54, 1.807) is 17.0 Å². The van der Waals surface area contributed by atoms with E-state index < -0.39 is 0 Å². The lowest BCUT2D eigenvalue weighted by Gasteiger charge is -2.36. The molecule has 146 valence electrons. The summed E-state index contributed by atoms with van der Waals surface area (Å²) in [5.41, 5.74) is 2.82. The first-order chi connectivity index (χ1) is 13.7. The van der Waals surface area contributed by atoms with E-state index in [9.17, 15) is 4.79 Å². The van der Waals surface area contributed by atoms with Gasteiger partial charge in [-0.2, -0.15) is 4.98 Å². The van der Waals surface area contributed by atoms with Gasteiger partial charge in [-0.05, 0) is 18.2 Å². The number of nitrogens with zero attached hydrogens (tertiary/aromatic N) is 3. The van der Waals surface area contributed by atoms with Gasteiger partial charge in [0.25, 0.3) is 0 Å². The molecule has 0 saturated carbocycles. The largest absolute Gasteiger partial charge is 0.481 e. The van der Waals surface area contributed by atoms with Gasteiger partial charge in [0.05, 0.1) is 25.4 Å². The Labute approximate surface area is 163 Å². The third kappa shape index (κ3) is 3.40. The van der Waals surface area contributed by atoms with E-state index in [0.717, 1.165) is 18.6 Å². The Morgan fingerprint density at radius 3 is 2.64 bits per heavy atom. The molecule has 1 saturated heterocycles. The van der Waals surface area contributed by atoms with Crippen LogP contribution in [0.25, 0.3) is 10.9 Å². The van der Waals surface area contributed by atoms with Crippen LogP contribution in [0.3, 0.4) is 0 Å². The van der Waals surface area contributed by atoms with Gasteiger partial charge in [0, 0.05) is 43.8 Å². The number of para-hydroxylation sites is 1. The molecule has 8 nitrogen and oxygen atoms in total. The van der Waals surface area contributed by atoms with Crippen molar-refractivity contribution in [2.75, 3.05) is 50.6 Å². The van der Waals surface area contributed by atoms with Gasteiger partial charge in [-0.1, -0.05) is 12.1 Å². The van der Waals surface area contributed by atoms with Crippen LogP contribution in [0.1, 0.15) is 0 Å². The number of fused-ring (bicyclic) bond motifs is 1. The summed E-state index contributed by atoms with van der Waals surface area (Å²) in [5.74, 6) is 0.756. The number of benzene rings is 1. The normalized spacial score (nSPS) is 14.2. The van der Waals surface area contributed by atoms with Crippen molar-refractivity contribution in [2.24, 2.45) is 0 Å². The highest BCUT2D eigenvalue weighted by Crippen LogP contribution is 2.27. The van der Waals surface area contributed by atoms with Gasteiger partial charge in [-0.25, -0.2) is 4.79 Å². The number of hydrogen-bond acceptors (Lipinski definition) is 5. The summed E-state index contributed by atoms with van der Waals surface area (Å²) in [7, 11) is 3.05. The van der Waals surface area contributed by atoms with Gasteiger partial charge in [0.15, 0.2) is 0 Å². The van der Waals surface area contributed by atoms with Gasteiger partial charge in [0.2, 0.25) is 11.8 Å². The first-order valence-electron chi connectivity index (χ1n) is 9.15. The number of piperazine rings is 1. The molecule has 0 spiro atoms. The highest BCUT2D eigenvalue weighted by atomic mass is 16.5. The zero-order chi connectivity index (χ0) is 19.5. The summed E-state index contributed by atoms with van der Waals surface area (Å²) in [5, 5.41) is 4.07. The summed E-state index contributed by atoms with van der Waals surface area (Å²) in [6.45, 7) is 2.80. The van der Waals surface area contributed by atoms with Crippen LogP contribution >= 0.6 is 0 Å². The minimum Gasteiger partial charge on any atom is -0.481 e. The maximum absolute atomic E-state index is 12.7. The average molecular weight is 381 g/mol. The molecule has 0 radical (unpaired) electrons. The Hall–Kier alpha value is -3.42. The number of aromatic amines is 1. The van der Waals surface area contributed by atoms with Crippen molar-refractivity contribution in [1.82, 2.24) is 14.9 Å². The van der Waals surface area contributed by atoms with Gasteiger partial charge in [-0.3, -0.25) is 0 Å². The van der Waals surface area contributed by atoms with Crippen molar-refractivity contribution >= 4 is 28.3 Å². The molecule has 1 fully saturated rings. The molecule has 1 aromatic carbocycles. The number of nitrogens with one attached hydrogen (secondary N) is 2. The maximum Gasteiger partial charge on any atom is 0.322 e. The second kappa shape index (κ2) is 7.67. The van der Waals surface area contributed by atoms with E-state index in [1.807, 2.05) is 6.20 Å². The Morgan fingerprint density at radius 1 is 1.07 bits per heavy atom. The number of amides is 2. The second-order valence-corrected chi connectivity index (χ2v) is 6.53. The van der Waals surface area contributed by atoms with E-state index in [2.05, 4.69) is 44.5 Å². The number of anilines is 2. The lowest BCUT2D eigenvalue weighted by atomic mass is 10.2. The van der Waals surface area contributed by atoms with Crippen molar-refractivity contribution in [2.45, 2.75) is 0 Å². The Bertz CT molecular complexity index is 979. The van der Waals surface area contributed by atoms with Crippen LogP contribution < -0.4 is 19.7 Å². The predicted molar refractivity (Wildman–Crippen MR) is 108 cm³/mol. The Morgan fingerprint density at radius 2 is 1.89 bits per heavy atom. The van der Waals surface area contributed by atoms with Crippen LogP contribution in [0.2, 0.25) is 0 Å². The number of H-pyrrole nitrogens is 1. The maximum atomic E-state index is 12.7. The van der Waals surface area contributed by atoms with Crippen molar-refractivity contribution in [1.29, 1.82) is 0 Å². The first-order valence-corrected chi connectivity index (χ1v) is 9.15. The van der Waals surface area contributed by atoms with Crippen molar-refractivity contribution < 1.29 is 14.3 Å². The Kier molecular flexibility index (Phi) is 4.92. The number of aromatic nitrogens is 2. The standard InChI is InChI=1S/C20H23N5O3/c1-27-17-7-6-15(19(23-17)28-2)22-20(26)25-12-10-24(11-13-25)16-5-3-4-14-8-9-21-18(14)16/h3-9,21H,10-13H2,1-2H3,(H,22,26). The molecule has 28 heavy (non-hydrogen) atoms. The molecule has 1 aliphatic rings. The van der Waals surface area contributed by atoms with Gasteiger partial charge >= 0.3 is 6.03 Å². The fraction of sp³-hybridized carbons (Fsp3) is 0.300. The topological polar surface area (TPSA) is 82.7 Å². The minimum absolute atomic E-state index is 0.164. The number of pyridine rings is 1. The fourth-order valence-electron chi connectivity index (χ4n) is 3.46. The molecule has 0 atom stereocenters. The summed E-state index contributed by atoms with van der Waals surface area (Å²) >= 11 is 0. The minimum atomic E-state index is -0.164. The summed E-state index contributed by atoms with van der Waals surface area (Å²) in [6.07, 6.45) is 1.95. The number of rotatable bonds is 4. The van der Waals surface area contributed by atoms with Gasteiger partial charge in [0.1, 0.15) is 5.69 Å². The van der Waals surface area contributed by atoms with Gasteiger partial charge < -0.3 is 29.6 Å². The molecule has 0 aliphatic carbocycles. The molecule has 2 aromatic heterocycles. The average Bonchev–Trinajstić information content (AvgIpc) is 3.23. The SMILES string of the molecule is COc1ccc(NC(=O)N2CCN(c3cccc4cc[nH]c34)CC2)c(OC)n1. The quantitative estimate of drug-likeness (QED) is 0.726. The molecule has 2 N–H and O–H groups in total. The van der Waals surface area contributed by atoms with Crippen molar-refractivity contribution in [3.05, 3.63) is 42.6 Å². The summed E-state index contributed by atoms with van der Waals surface area (Å²) in [4.78, 5) is 24.3. The molecule has 0 bridgehead atoms. The van der Waals surface area contributed by atoms with Crippen LogP contribution in [0.5, 0.6) is 11.8 Å². The predicted octanol–water partition coefficient (Wildman–Crippen LogP) is 2.93. The van der Waals surface area contributed by atoms with Crippen LogP contribution in [0.15, 0.2) is 42.6 Å². The van der Waals surface area contributed by atoms with Crippen LogP contribution in [-0.4, -0.2) is 61.3 Å². The van der Waals surface area contributed by atoms with E-state index in [1.165, 1.54) is 25.3 Å². The van der Waals surface area contributed by atoms with E-state index in [-0.39, 0.29) is 6.03 Å². The second-order valence-electron chi connectivity index (χ2n) is 6.53. The van der Waals surface area contributed by atoms with E-state index in [4.69, 9.17) is 9.47 Å². The number of methoxy groups -OCH3 is 2. The zero-order valence-corrected chi connectivity index (χ0v) is 15.9. The smallest absolute Gasteiger partial charge is 0.322 e. The summed E-state index contributed by atoms with van der Waals surface area (Å²) < 4.78 is 10.3. The fourth-order valence-corrected chi connectivity index (χ4v) is 3.46. The molecule has 4 rings (SSSR count). The number of hydrogen-bond donors (Lipinski definition) is 2. The van der Waals surface area contributed by atoms with Crippen LogP contribution in [-0.2, 0) is 0 Å². The van der Waals surface area contributed by atoms with E-state index >= 15 is 0 Å². The molecule has 1 aliphatic heterocycles. The zero-order valence-electron chi connectivity index (χ0n) is 15.9. The molecule has 2 amide bonds. The molecule has 0 unspecified atom stereocenters. The molecule has 3 aromatic rings. The van der Waals surface area contributed by atoms with Crippen LogP contribution in [0, 0.1) is 0 Å². The molecule has 8 heteroatoms. The highest BCUT2D eigenvalue weighted by Gasteiger charge is 2.23. The van der Waals surface area contributed by atoms with Crippen molar-refractivity contribution in [3.8, 4) is 11.8 Å². The lowest BCUT2D eigenvalue weighted by molar-refractivity contribution is 0.208. The number of urea groups is 1. The highest BCUT2D eigenvalue weighted by molar-refractivity contribution is 5.92. The van der Waals surface area contributed by atoms with Crippen molar-refractivity contribution in [3.63, 3.8) is 0 Å². The third-order valence-corrected chi connectivity index (χ3v) is 4.95. The van der Waals surface area contributed by atoms with Gasteiger partial charge in [-0.15, -0.1) is 0 Å². The number of carbonyl (C=O) groups is 1. The molecule has 3 heterocycles. The van der Waals surface area contributed by atoms with E-state index in [0.29, 0.717) is 30.5 Å².